The Balaban J connectivity index is 2.28. The van der Waals surface area contributed by atoms with E-state index in [0.717, 1.165) is 11.1 Å². The Morgan fingerprint density at radius 2 is 2.05 bits per heavy atom. The average molecular weight is 304 g/mol. The molecule has 0 aliphatic rings. The Hall–Kier alpha value is -2.42. The highest BCUT2D eigenvalue weighted by Gasteiger charge is 2.21. The highest BCUT2D eigenvalue weighted by Crippen LogP contribution is 2.35. The quantitative estimate of drug-likeness (QED) is 0.777. The lowest BCUT2D eigenvalue weighted by molar-refractivity contribution is 0.0693. The van der Waals surface area contributed by atoms with Gasteiger partial charge < -0.3 is 5.11 Å². The van der Waals surface area contributed by atoms with E-state index in [0.29, 0.717) is 15.7 Å². The molecule has 108 valence electrons. The second-order valence-electron chi connectivity index (χ2n) is 4.48. The van der Waals surface area contributed by atoms with E-state index in [1.54, 1.807) is 23.5 Å². The van der Waals surface area contributed by atoms with Crippen LogP contribution < -0.4 is 0 Å². The summed E-state index contributed by atoms with van der Waals surface area (Å²) in [5.41, 5.74) is 1.50. The molecule has 3 aromatic rings. The monoisotopic (exact) mass is 304 g/mol. The van der Waals surface area contributed by atoms with Crippen molar-refractivity contribution in [3.8, 4) is 0 Å². The molecule has 1 N–H and O–H groups in total. The molecule has 0 aliphatic carbocycles. The molecule has 3 heterocycles. The predicted molar refractivity (Wildman–Crippen MR) is 75.3 cm³/mol. The van der Waals surface area contributed by atoms with Crippen LogP contribution >= 0.6 is 11.8 Å². The fraction of sp³-hybridized carbons (Fsp3) is 0.250. The first-order valence-corrected chi connectivity index (χ1v) is 6.88. The third-order valence-corrected chi connectivity index (χ3v) is 4.25. The van der Waals surface area contributed by atoms with Gasteiger partial charge in [0, 0.05) is 25.2 Å². The number of aromatic carboxylic acids is 1. The highest BCUT2D eigenvalue weighted by molar-refractivity contribution is 7.99. The third kappa shape index (κ3) is 2.15. The molecule has 0 amide bonds. The van der Waals surface area contributed by atoms with Crippen molar-refractivity contribution in [1.29, 1.82) is 0 Å². The summed E-state index contributed by atoms with van der Waals surface area (Å²) in [4.78, 5) is 20.4. The Bertz CT molecular complexity index is 853. The molecular weight excluding hydrogens is 292 g/mol. The molecule has 0 atom stereocenters. The smallest absolute Gasteiger partial charge is 0.338 e. The summed E-state index contributed by atoms with van der Waals surface area (Å²) in [5, 5.41) is 19.0. The standard InChI is InChI=1S/C12H12N6O2S/c1-6-8-9(21-12-14-5-15-18(12)3)7(11(19)20)4-13-10(8)17(2)16-6/h4-5H,1-3H3,(H,19,20). The number of rotatable bonds is 3. The van der Waals surface area contributed by atoms with Crippen molar-refractivity contribution in [3.05, 3.63) is 23.8 Å². The molecule has 0 aliphatic heterocycles. The maximum Gasteiger partial charge on any atom is 0.338 e. The van der Waals surface area contributed by atoms with E-state index in [-0.39, 0.29) is 5.56 Å². The van der Waals surface area contributed by atoms with Gasteiger partial charge in [-0.25, -0.2) is 19.4 Å². The number of aromatic nitrogens is 6. The number of pyridine rings is 1. The van der Waals surface area contributed by atoms with E-state index in [9.17, 15) is 9.90 Å². The van der Waals surface area contributed by atoms with E-state index in [1.807, 2.05) is 6.92 Å². The maximum absolute atomic E-state index is 11.5. The van der Waals surface area contributed by atoms with Crippen molar-refractivity contribution in [3.63, 3.8) is 0 Å². The molecule has 3 rings (SSSR count). The van der Waals surface area contributed by atoms with Crippen LogP contribution in [0, 0.1) is 6.92 Å². The number of carboxylic acids is 1. The normalized spacial score (nSPS) is 11.2. The summed E-state index contributed by atoms with van der Waals surface area (Å²) in [6.45, 7) is 1.83. The van der Waals surface area contributed by atoms with Crippen LogP contribution in [0.5, 0.6) is 0 Å². The zero-order valence-corrected chi connectivity index (χ0v) is 12.4. The van der Waals surface area contributed by atoms with Crippen LogP contribution in [0.2, 0.25) is 0 Å². The molecular formula is C12H12N6O2S. The van der Waals surface area contributed by atoms with E-state index in [2.05, 4.69) is 20.2 Å². The van der Waals surface area contributed by atoms with Gasteiger partial charge in [-0.1, -0.05) is 0 Å². The van der Waals surface area contributed by atoms with Crippen LogP contribution in [0.1, 0.15) is 16.1 Å². The molecule has 3 aromatic heterocycles. The van der Waals surface area contributed by atoms with Gasteiger partial charge in [0.05, 0.1) is 16.6 Å². The summed E-state index contributed by atoms with van der Waals surface area (Å²) in [6.07, 6.45) is 2.78. The minimum Gasteiger partial charge on any atom is -0.478 e. The van der Waals surface area contributed by atoms with Gasteiger partial charge in [-0.3, -0.25) is 4.68 Å². The SMILES string of the molecule is Cc1nn(C)c2ncc(C(=O)O)c(Sc3ncnn3C)c12. The molecule has 0 saturated heterocycles. The molecule has 21 heavy (non-hydrogen) atoms. The van der Waals surface area contributed by atoms with Gasteiger partial charge in [0.1, 0.15) is 6.33 Å². The van der Waals surface area contributed by atoms with Gasteiger partial charge in [-0.15, -0.1) is 0 Å². The number of hydrogen-bond donors (Lipinski definition) is 1. The zero-order valence-electron chi connectivity index (χ0n) is 11.6. The molecule has 0 spiro atoms. The highest BCUT2D eigenvalue weighted by atomic mass is 32.2. The molecule has 0 unspecified atom stereocenters. The molecule has 0 bridgehead atoms. The Labute approximate surface area is 123 Å². The topological polar surface area (TPSA) is 98.7 Å². The number of aryl methyl sites for hydroxylation is 3. The lowest BCUT2D eigenvalue weighted by Gasteiger charge is -2.07. The lowest BCUT2D eigenvalue weighted by atomic mass is 10.2. The largest absolute Gasteiger partial charge is 0.478 e. The number of carbonyl (C=O) groups is 1. The van der Waals surface area contributed by atoms with Crippen molar-refractivity contribution < 1.29 is 9.90 Å². The Morgan fingerprint density at radius 3 is 2.67 bits per heavy atom. The molecule has 9 heteroatoms. The first-order valence-electron chi connectivity index (χ1n) is 6.06. The van der Waals surface area contributed by atoms with Crippen molar-refractivity contribution in [2.45, 2.75) is 17.0 Å². The third-order valence-electron chi connectivity index (χ3n) is 3.07. The number of nitrogens with zero attached hydrogens (tertiary/aromatic N) is 6. The zero-order chi connectivity index (χ0) is 15.1. The van der Waals surface area contributed by atoms with Crippen LogP contribution in [0.15, 0.2) is 22.6 Å². The number of fused-ring (bicyclic) bond motifs is 1. The van der Waals surface area contributed by atoms with Crippen LogP contribution in [0.25, 0.3) is 11.0 Å². The maximum atomic E-state index is 11.5. The molecule has 8 nitrogen and oxygen atoms in total. The van der Waals surface area contributed by atoms with E-state index < -0.39 is 5.97 Å². The second-order valence-corrected chi connectivity index (χ2v) is 5.46. The fourth-order valence-corrected chi connectivity index (χ4v) is 3.16. The van der Waals surface area contributed by atoms with Crippen molar-refractivity contribution in [1.82, 2.24) is 29.5 Å². The van der Waals surface area contributed by atoms with Crippen molar-refractivity contribution in [2.24, 2.45) is 14.1 Å². The van der Waals surface area contributed by atoms with Crippen LogP contribution in [-0.4, -0.2) is 40.6 Å². The lowest BCUT2D eigenvalue weighted by Crippen LogP contribution is -2.03. The second kappa shape index (κ2) is 4.85. The van der Waals surface area contributed by atoms with E-state index >= 15 is 0 Å². The summed E-state index contributed by atoms with van der Waals surface area (Å²) in [5.74, 6) is -1.03. The molecule has 0 saturated carbocycles. The van der Waals surface area contributed by atoms with Crippen molar-refractivity contribution >= 4 is 28.8 Å². The molecule has 0 aromatic carbocycles. The minimum absolute atomic E-state index is 0.131. The predicted octanol–water partition coefficient (Wildman–Crippen LogP) is 1.25. The van der Waals surface area contributed by atoms with Gasteiger partial charge in [0.25, 0.3) is 0 Å². The number of carboxylic acid groups (broad SMARTS) is 1. The van der Waals surface area contributed by atoms with Crippen LogP contribution in [0.3, 0.4) is 0 Å². The van der Waals surface area contributed by atoms with E-state index in [1.165, 1.54) is 24.3 Å². The van der Waals surface area contributed by atoms with Crippen molar-refractivity contribution in [2.75, 3.05) is 0 Å². The fourth-order valence-electron chi connectivity index (χ4n) is 2.11. The first kappa shape index (κ1) is 13.6. The van der Waals surface area contributed by atoms with Gasteiger partial charge in [-0.05, 0) is 18.7 Å². The summed E-state index contributed by atoms with van der Waals surface area (Å²) in [7, 11) is 3.53. The first-order chi connectivity index (χ1) is 9.99. The van der Waals surface area contributed by atoms with Gasteiger partial charge in [0.2, 0.25) is 0 Å². The summed E-state index contributed by atoms with van der Waals surface area (Å²) in [6, 6.07) is 0. The Kier molecular flexibility index (Phi) is 3.13. The van der Waals surface area contributed by atoms with E-state index in [4.69, 9.17) is 0 Å². The number of hydrogen-bond acceptors (Lipinski definition) is 6. The Morgan fingerprint density at radius 1 is 1.29 bits per heavy atom. The summed E-state index contributed by atoms with van der Waals surface area (Å²) >= 11 is 1.25. The van der Waals surface area contributed by atoms with Gasteiger partial charge in [0.15, 0.2) is 10.8 Å². The van der Waals surface area contributed by atoms with Gasteiger partial charge in [-0.2, -0.15) is 10.2 Å². The van der Waals surface area contributed by atoms with Crippen LogP contribution in [0.4, 0.5) is 0 Å². The molecule has 0 radical (unpaired) electrons. The van der Waals surface area contributed by atoms with Gasteiger partial charge >= 0.3 is 5.97 Å². The minimum atomic E-state index is -1.03. The summed E-state index contributed by atoms with van der Waals surface area (Å²) < 4.78 is 3.23. The average Bonchev–Trinajstić information content (AvgIpc) is 2.95. The molecule has 0 fully saturated rings. The van der Waals surface area contributed by atoms with Crippen LogP contribution in [-0.2, 0) is 14.1 Å².